The van der Waals surface area contributed by atoms with Crippen LogP contribution in [-0.4, -0.2) is 45.1 Å². The predicted octanol–water partition coefficient (Wildman–Crippen LogP) is -1.03. The van der Waals surface area contributed by atoms with Crippen molar-refractivity contribution in [1.29, 1.82) is 0 Å². The van der Waals surface area contributed by atoms with Gasteiger partial charge in [0, 0.05) is 30.8 Å². The summed E-state index contributed by atoms with van der Waals surface area (Å²) < 4.78 is 0. The van der Waals surface area contributed by atoms with Gasteiger partial charge in [-0.2, -0.15) is 0 Å². The Hall–Kier alpha value is -2.58. The van der Waals surface area contributed by atoms with Crippen LogP contribution in [0.2, 0.25) is 0 Å². The quantitative estimate of drug-likeness (QED) is 0.433. The molecule has 2 atom stereocenters. The van der Waals surface area contributed by atoms with Gasteiger partial charge in [0.2, 0.25) is 5.91 Å². The van der Waals surface area contributed by atoms with E-state index in [0.717, 1.165) is 0 Å². The Bertz CT molecular complexity index is 473. The van der Waals surface area contributed by atoms with Crippen LogP contribution in [0.3, 0.4) is 0 Å². The Balaban J connectivity index is 2.51. The molecule has 0 aliphatic rings. The molecule has 1 heterocycles. The molecule has 0 spiro atoms. The van der Waals surface area contributed by atoms with Crippen LogP contribution < -0.4 is 16.4 Å². The number of primary amides is 1. The van der Waals surface area contributed by atoms with Crippen molar-refractivity contribution in [1.82, 2.24) is 20.6 Å². The molecule has 0 fully saturated rings. The van der Waals surface area contributed by atoms with Gasteiger partial charge in [0.1, 0.15) is 6.04 Å². The lowest BCUT2D eigenvalue weighted by atomic mass is 10.1. The third-order valence-electron chi connectivity index (χ3n) is 2.47. The van der Waals surface area contributed by atoms with Gasteiger partial charge in [0.25, 0.3) is 0 Å². The largest absolute Gasteiger partial charge is 0.480 e. The molecule has 9 nitrogen and oxygen atoms in total. The van der Waals surface area contributed by atoms with E-state index >= 15 is 0 Å². The van der Waals surface area contributed by atoms with E-state index in [-0.39, 0.29) is 12.8 Å². The number of nitrogens with one attached hydrogen (secondary N) is 3. The molecule has 9 heteroatoms. The summed E-state index contributed by atoms with van der Waals surface area (Å²) in [6.45, 7) is 1.59. The van der Waals surface area contributed by atoms with E-state index in [4.69, 9.17) is 10.8 Å². The smallest absolute Gasteiger partial charge is 0.326 e. The topological polar surface area (TPSA) is 150 Å². The zero-order chi connectivity index (χ0) is 15.1. The standard InChI is InChI=1S/C11H17N5O4/c1-6(2-9(12)17)15-11(20)16-8(10(18)19)3-7-4-13-5-14-7/h4-6,8H,2-3H2,1H3,(H2,12,17)(H,13,14)(H,18,19)(H2,15,16,20). The summed E-state index contributed by atoms with van der Waals surface area (Å²) in [7, 11) is 0. The molecule has 0 saturated carbocycles. The number of carbonyl (C=O) groups excluding carboxylic acids is 2. The lowest BCUT2D eigenvalue weighted by Crippen LogP contribution is -2.49. The first kappa shape index (κ1) is 15.5. The maximum atomic E-state index is 11.6. The number of carboxylic acids is 1. The van der Waals surface area contributed by atoms with Gasteiger partial charge < -0.3 is 26.5 Å². The van der Waals surface area contributed by atoms with Gasteiger partial charge in [-0.15, -0.1) is 0 Å². The summed E-state index contributed by atoms with van der Waals surface area (Å²) in [5.41, 5.74) is 5.58. The summed E-state index contributed by atoms with van der Waals surface area (Å²) in [5.74, 6) is -1.72. The molecule has 0 aliphatic heterocycles. The van der Waals surface area contributed by atoms with Gasteiger partial charge in [-0.1, -0.05) is 0 Å². The summed E-state index contributed by atoms with van der Waals surface area (Å²) in [6.07, 6.45) is 2.95. The minimum atomic E-state index is -1.17. The summed E-state index contributed by atoms with van der Waals surface area (Å²) in [6, 6.07) is -2.25. The number of rotatable bonds is 7. The number of H-pyrrole nitrogens is 1. The summed E-state index contributed by atoms with van der Waals surface area (Å²) >= 11 is 0. The molecule has 1 aromatic rings. The number of imidazole rings is 1. The number of aliphatic carboxylic acids is 1. The van der Waals surface area contributed by atoms with Crippen molar-refractivity contribution in [2.75, 3.05) is 0 Å². The molecule has 0 aromatic carbocycles. The fourth-order valence-corrected chi connectivity index (χ4v) is 1.59. The lowest BCUT2D eigenvalue weighted by Gasteiger charge is -2.17. The number of aromatic amines is 1. The highest BCUT2D eigenvalue weighted by atomic mass is 16.4. The molecule has 2 unspecified atom stereocenters. The number of carboxylic acid groups (broad SMARTS) is 1. The molecule has 6 N–H and O–H groups in total. The number of nitrogens with two attached hydrogens (primary N) is 1. The molecule has 0 saturated heterocycles. The molecule has 0 aliphatic carbocycles. The van der Waals surface area contributed by atoms with Crippen molar-refractivity contribution in [3.05, 3.63) is 18.2 Å². The monoisotopic (exact) mass is 283 g/mol. The number of hydrogen-bond donors (Lipinski definition) is 5. The highest BCUT2D eigenvalue weighted by molar-refractivity contribution is 5.83. The van der Waals surface area contributed by atoms with Crippen LogP contribution >= 0.6 is 0 Å². The van der Waals surface area contributed by atoms with Crippen molar-refractivity contribution in [2.24, 2.45) is 5.73 Å². The Morgan fingerprint density at radius 1 is 1.45 bits per heavy atom. The van der Waals surface area contributed by atoms with Gasteiger partial charge in [0.15, 0.2) is 0 Å². The zero-order valence-corrected chi connectivity index (χ0v) is 10.9. The minimum Gasteiger partial charge on any atom is -0.480 e. The van der Waals surface area contributed by atoms with Crippen molar-refractivity contribution in [3.63, 3.8) is 0 Å². The highest BCUT2D eigenvalue weighted by Crippen LogP contribution is 1.99. The number of carbonyl (C=O) groups is 3. The number of nitrogens with zero attached hydrogens (tertiary/aromatic N) is 1. The van der Waals surface area contributed by atoms with E-state index in [1.165, 1.54) is 12.5 Å². The fraction of sp³-hybridized carbons (Fsp3) is 0.455. The third-order valence-corrected chi connectivity index (χ3v) is 2.47. The van der Waals surface area contributed by atoms with Crippen LogP contribution in [0.1, 0.15) is 19.0 Å². The van der Waals surface area contributed by atoms with Crippen molar-refractivity contribution < 1.29 is 19.5 Å². The number of urea groups is 1. The minimum absolute atomic E-state index is 0.0221. The first-order valence-corrected chi connectivity index (χ1v) is 5.94. The van der Waals surface area contributed by atoms with Crippen LogP contribution in [0.25, 0.3) is 0 Å². The third kappa shape index (κ3) is 5.38. The Labute approximate surface area is 114 Å². The maximum Gasteiger partial charge on any atom is 0.326 e. The second-order valence-electron chi connectivity index (χ2n) is 4.36. The van der Waals surface area contributed by atoms with Gasteiger partial charge in [-0.3, -0.25) is 4.79 Å². The summed E-state index contributed by atoms with van der Waals surface area (Å²) in [5, 5.41) is 13.8. The molecular formula is C11H17N5O4. The van der Waals surface area contributed by atoms with E-state index in [9.17, 15) is 14.4 Å². The molecule has 3 amide bonds. The zero-order valence-electron chi connectivity index (χ0n) is 10.9. The number of aromatic nitrogens is 2. The van der Waals surface area contributed by atoms with Crippen LogP contribution in [0.4, 0.5) is 4.79 Å². The van der Waals surface area contributed by atoms with Gasteiger partial charge >= 0.3 is 12.0 Å². The van der Waals surface area contributed by atoms with Crippen molar-refractivity contribution >= 4 is 17.9 Å². The van der Waals surface area contributed by atoms with Gasteiger partial charge in [0.05, 0.1) is 6.33 Å². The van der Waals surface area contributed by atoms with Crippen LogP contribution in [0.15, 0.2) is 12.5 Å². The highest BCUT2D eigenvalue weighted by Gasteiger charge is 2.21. The molecular weight excluding hydrogens is 266 g/mol. The Morgan fingerprint density at radius 2 is 2.15 bits per heavy atom. The first-order chi connectivity index (χ1) is 9.38. The molecule has 0 bridgehead atoms. The van der Waals surface area contributed by atoms with Crippen LogP contribution in [-0.2, 0) is 16.0 Å². The van der Waals surface area contributed by atoms with E-state index in [0.29, 0.717) is 5.69 Å². The van der Waals surface area contributed by atoms with E-state index in [2.05, 4.69) is 20.6 Å². The van der Waals surface area contributed by atoms with Crippen molar-refractivity contribution in [2.45, 2.75) is 31.8 Å². The number of amides is 3. The molecule has 1 aromatic heterocycles. The first-order valence-electron chi connectivity index (χ1n) is 5.94. The van der Waals surface area contributed by atoms with Gasteiger partial charge in [-0.25, -0.2) is 14.6 Å². The Morgan fingerprint density at radius 3 is 2.65 bits per heavy atom. The predicted molar refractivity (Wildman–Crippen MR) is 68.7 cm³/mol. The van der Waals surface area contributed by atoms with E-state index in [1.54, 1.807) is 6.92 Å². The average Bonchev–Trinajstić information content (AvgIpc) is 2.79. The summed E-state index contributed by atoms with van der Waals surface area (Å²) in [4.78, 5) is 39.9. The van der Waals surface area contributed by atoms with Gasteiger partial charge in [-0.05, 0) is 6.92 Å². The Kier molecular flexibility index (Phi) is 5.51. The molecule has 0 radical (unpaired) electrons. The average molecular weight is 283 g/mol. The molecule has 20 heavy (non-hydrogen) atoms. The molecule has 1 rings (SSSR count). The van der Waals surface area contributed by atoms with E-state index < -0.39 is 30.0 Å². The van der Waals surface area contributed by atoms with E-state index in [1.807, 2.05) is 0 Å². The SMILES string of the molecule is CC(CC(N)=O)NC(=O)NC(Cc1cnc[nH]1)C(=O)O. The molecule has 110 valence electrons. The number of hydrogen-bond acceptors (Lipinski definition) is 4. The fourth-order valence-electron chi connectivity index (χ4n) is 1.59. The second kappa shape index (κ2) is 7.12. The van der Waals surface area contributed by atoms with Crippen LogP contribution in [0.5, 0.6) is 0 Å². The van der Waals surface area contributed by atoms with Crippen LogP contribution in [0, 0.1) is 0 Å². The normalized spacial score (nSPS) is 13.2. The lowest BCUT2D eigenvalue weighted by molar-refractivity contribution is -0.139. The maximum absolute atomic E-state index is 11.6. The second-order valence-corrected chi connectivity index (χ2v) is 4.36. The van der Waals surface area contributed by atoms with Crippen molar-refractivity contribution in [3.8, 4) is 0 Å².